The van der Waals surface area contributed by atoms with Gasteiger partial charge in [-0.05, 0) is 63.3 Å². The van der Waals surface area contributed by atoms with Crippen molar-refractivity contribution in [1.82, 2.24) is 15.1 Å². The number of carbonyl (C=O) groups is 2. The molecule has 1 fully saturated rings. The molecule has 2 N–H and O–H groups in total. The molecule has 6 heteroatoms. The van der Waals surface area contributed by atoms with E-state index in [4.69, 9.17) is 5.11 Å². The molecule has 138 valence electrons. The molecule has 1 saturated carbocycles. The summed E-state index contributed by atoms with van der Waals surface area (Å²) in [6.45, 7) is 4.61. The van der Waals surface area contributed by atoms with E-state index in [-0.39, 0.29) is 17.9 Å². The number of nitrogens with zero attached hydrogens (tertiary/aromatic N) is 2. The normalized spacial score (nSPS) is 19.9. The molecule has 0 atom stereocenters. The molecule has 0 unspecified atom stereocenters. The summed E-state index contributed by atoms with van der Waals surface area (Å²) in [4.78, 5) is 23.6. The third kappa shape index (κ3) is 4.31. The number of hydrogen-bond acceptors (Lipinski definition) is 3. The second-order valence-corrected chi connectivity index (χ2v) is 7.15. The number of hydrogen-bond donors (Lipinski definition) is 2. The highest BCUT2D eigenvalue weighted by Gasteiger charge is 2.26. The Balaban J connectivity index is 1.61. The van der Waals surface area contributed by atoms with Crippen molar-refractivity contribution in [2.24, 2.45) is 5.92 Å². The van der Waals surface area contributed by atoms with Gasteiger partial charge in [0.25, 0.3) is 5.91 Å². The van der Waals surface area contributed by atoms with E-state index in [2.05, 4.69) is 10.4 Å². The number of carboxylic acids is 1. The second kappa shape index (κ2) is 7.72. The molecule has 0 radical (unpaired) electrons. The SMILES string of the molecule is Cc1cc(C)n(Cc2cccc(C(=O)NC3CCC(C(=O)O)CC3)c2)n1. The van der Waals surface area contributed by atoms with Gasteiger partial charge in [0.05, 0.1) is 18.2 Å². The largest absolute Gasteiger partial charge is 0.481 e. The molecule has 1 heterocycles. The third-order valence-corrected chi connectivity index (χ3v) is 5.04. The minimum Gasteiger partial charge on any atom is -0.481 e. The average molecular weight is 355 g/mol. The van der Waals surface area contributed by atoms with Crippen molar-refractivity contribution >= 4 is 11.9 Å². The van der Waals surface area contributed by atoms with Crippen LogP contribution in [0.1, 0.15) is 53.0 Å². The Bertz CT molecular complexity index is 804. The Hall–Kier alpha value is -2.63. The summed E-state index contributed by atoms with van der Waals surface area (Å²) in [5.41, 5.74) is 3.73. The van der Waals surface area contributed by atoms with Crippen molar-refractivity contribution in [2.75, 3.05) is 0 Å². The Labute approximate surface area is 153 Å². The zero-order valence-corrected chi connectivity index (χ0v) is 15.2. The molecule has 1 aromatic carbocycles. The molecule has 0 aliphatic heterocycles. The fourth-order valence-electron chi connectivity index (χ4n) is 3.57. The van der Waals surface area contributed by atoms with Crippen LogP contribution in [0.4, 0.5) is 0 Å². The van der Waals surface area contributed by atoms with Gasteiger partial charge in [-0.1, -0.05) is 12.1 Å². The van der Waals surface area contributed by atoms with Crippen LogP contribution in [0.2, 0.25) is 0 Å². The Morgan fingerprint density at radius 3 is 2.54 bits per heavy atom. The molecule has 0 saturated heterocycles. The molecular formula is C20H25N3O3. The molecule has 1 aliphatic rings. The van der Waals surface area contributed by atoms with Crippen LogP contribution in [-0.4, -0.2) is 32.8 Å². The number of carboxylic acid groups (broad SMARTS) is 1. The first-order chi connectivity index (χ1) is 12.4. The summed E-state index contributed by atoms with van der Waals surface area (Å²) in [6.07, 6.45) is 2.68. The first-order valence-electron chi connectivity index (χ1n) is 9.06. The van der Waals surface area contributed by atoms with Gasteiger partial charge in [-0.15, -0.1) is 0 Å². The van der Waals surface area contributed by atoms with Gasteiger partial charge >= 0.3 is 5.97 Å². The van der Waals surface area contributed by atoms with Crippen LogP contribution >= 0.6 is 0 Å². The van der Waals surface area contributed by atoms with E-state index < -0.39 is 5.97 Å². The highest BCUT2D eigenvalue weighted by molar-refractivity contribution is 5.94. The number of amides is 1. The Morgan fingerprint density at radius 1 is 1.19 bits per heavy atom. The first kappa shape index (κ1) is 18.2. The highest BCUT2D eigenvalue weighted by atomic mass is 16.4. The van der Waals surface area contributed by atoms with Gasteiger partial charge in [0.1, 0.15) is 0 Å². The number of nitrogens with one attached hydrogen (secondary N) is 1. The lowest BCUT2D eigenvalue weighted by molar-refractivity contribution is -0.142. The van der Waals surface area contributed by atoms with Crippen LogP contribution in [0.5, 0.6) is 0 Å². The number of rotatable bonds is 5. The standard InChI is InChI=1S/C20H25N3O3/c1-13-10-14(2)23(22-13)12-15-4-3-5-17(11-15)19(24)21-18-8-6-16(7-9-18)20(25)26/h3-5,10-11,16,18H,6-9,12H2,1-2H3,(H,21,24)(H,25,26). The van der Waals surface area contributed by atoms with Gasteiger partial charge in [0.15, 0.2) is 0 Å². The number of aliphatic carboxylic acids is 1. The zero-order valence-electron chi connectivity index (χ0n) is 15.2. The predicted molar refractivity (Wildman–Crippen MR) is 98.1 cm³/mol. The zero-order chi connectivity index (χ0) is 18.7. The van der Waals surface area contributed by atoms with Gasteiger partial charge in [0.2, 0.25) is 0 Å². The topological polar surface area (TPSA) is 84.2 Å². The minimum atomic E-state index is -0.730. The van der Waals surface area contributed by atoms with Gasteiger partial charge in [-0.3, -0.25) is 14.3 Å². The van der Waals surface area contributed by atoms with Crippen molar-refractivity contribution in [3.8, 4) is 0 Å². The minimum absolute atomic E-state index is 0.0535. The van der Waals surface area contributed by atoms with Crippen molar-refractivity contribution in [3.05, 3.63) is 52.8 Å². The lowest BCUT2D eigenvalue weighted by Gasteiger charge is -2.26. The van der Waals surface area contributed by atoms with Crippen LogP contribution in [0.25, 0.3) is 0 Å². The molecule has 0 spiro atoms. The van der Waals surface area contributed by atoms with E-state index in [9.17, 15) is 9.59 Å². The number of aryl methyl sites for hydroxylation is 2. The lowest BCUT2D eigenvalue weighted by atomic mass is 9.86. The quantitative estimate of drug-likeness (QED) is 0.864. The van der Waals surface area contributed by atoms with E-state index in [1.54, 1.807) is 0 Å². The monoisotopic (exact) mass is 355 g/mol. The lowest BCUT2D eigenvalue weighted by Crippen LogP contribution is -2.38. The number of benzene rings is 1. The second-order valence-electron chi connectivity index (χ2n) is 7.15. The van der Waals surface area contributed by atoms with Crippen LogP contribution in [-0.2, 0) is 11.3 Å². The van der Waals surface area contributed by atoms with Crippen LogP contribution in [0.3, 0.4) is 0 Å². The van der Waals surface area contributed by atoms with Crippen molar-refractivity contribution in [2.45, 2.75) is 52.1 Å². The summed E-state index contributed by atoms with van der Waals surface area (Å²) in [5.74, 6) is -1.10. The highest BCUT2D eigenvalue weighted by Crippen LogP contribution is 2.24. The molecule has 2 aromatic rings. The summed E-state index contributed by atoms with van der Waals surface area (Å²) < 4.78 is 1.93. The molecule has 26 heavy (non-hydrogen) atoms. The van der Waals surface area contributed by atoms with Crippen molar-refractivity contribution in [3.63, 3.8) is 0 Å². The molecule has 1 amide bonds. The maximum Gasteiger partial charge on any atom is 0.306 e. The molecule has 1 aromatic heterocycles. The van der Waals surface area contributed by atoms with E-state index in [0.29, 0.717) is 37.8 Å². The summed E-state index contributed by atoms with van der Waals surface area (Å²) >= 11 is 0. The fourth-order valence-corrected chi connectivity index (χ4v) is 3.57. The van der Waals surface area contributed by atoms with Crippen LogP contribution in [0.15, 0.2) is 30.3 Å². The van der Waals surface area contributed by atoms with Gasteiger partial charge < -0.3 is 10.4 Å². The average Bonchev–Trinajstić information content (AvgIpc) is 2.92. The Morgan fingerprint density at radius 2 is 1.92 bits per heavy atom. The molecule has 6 nitrogen and oxygen atoms in total. The molecule has 0 bridgehead atoms. The van der Waals surface area contributed by atoms with Gasteiger partial charge in [-0.2, -0.15) is 5.10 Å². The molecule has 3 rings (SSSR count). The van der Waals surface area contributed by atoms with Gasteiger partial charge in [0, 0.05) is 17.3 Å². The molecular weight excluding hydrogens is 330 g/mol. The first-order valence-corrected chi connectivity index (χ1v) is 9.06. The maximum atomic E-state index is 12.6. The Kier molecular flexibility index (Phi) is 5.40. The predicted octanol–water partition coefficient (Wildman–Crippen LogP) is 2.92. The van der Waals surface area contributed by atoms with Crippen LogP contribution in [0, 0.1) is 19.8 Å². The number of carbonyl (C=O) groups excluding carboxylic acids is 1. The number of aromatic nitrogens is 2. The van der Waals surface area contributed by atoms with Crippen molar-refractivity contribution in [1.29, 1.82) is 0 Å². The summed E-state index contributed by atoms with van der Waals surface area (Å²) in [5, 5.41) is 16.6. The fraction of sp³-hybridized carbons (Fsp3) is 0.450. The smallest absolute Gasteiger partial charge is 0.306 e. The summed E-state index contributed by atoms with van der Waals surface area (Å²) in [6, 6.07) is 9.67. The van der Waals surface area contributed by atoms with Gasteiger partial charge in [-0.25, -0.2) is 0 Å². The molecule has 1 aliphatic carbocycles. The van der Waals surface area contributed by atoms with E-state index in [1.807, 2.05) is 48.9 Å². The van der Waals surface area contributed by atoms with E-state index in [0.717, 1.165) is 17.0 Å². The van der Waals surface area contributed by atoms with E-state index >= 15 is 0 Å². The summed E-state index contributed by atoms with van der Waals surface area (Å²) in [7, 11) is 0. The van der Waals surface area contributed by atoms with Crippen LogP contribution < -0.4 is 5.32 Å². The van der Waals surface area contributed by atoms with Crippen molar-refractivity contribution < 1.29 is 14.7 Å². The van der Waals surface area contributed by atoms with E-state index in [1.165, 1.54) is 0 Å². The third-order valence-electron chi connectivity index (χ3n) is 5.04. The maximum absolute atomic E-state index is 12.6.